The van der Waals surface area contributed by atoms with Crippen molar-refractivity contribution in [3.63, 3.8) is 0 Å². The second kappa shape index (κ2) is 7.01. The Morgan fingerprint density at radius 3 is 2.73 bits per heavy atom. The molecule has 130 valence electrons. The third-order valence-corrected chi connectivity index (χ3v) is 5.37. The number of fused-ring (bicyclic) bond motifs is 1. The van der Waals surface area contributed by atoms with Crippen molar-refractivity contribution in [2.45, 2.75) is 6.54 Å². The molecule has 0 aliphatic rings. The number of carbonyl (C=O) groups is 1. The maximum absolute atomic E-state index is 13.5. The van der Waals surface area contributed by atoms with E-state index >= 15 is 0 Å². The van der Waals surface area contributed by atoms with Gasteiger partial charge in [-0.05, 0) is 54.6 Å². The fourth-order valence-electron chi connectivity index (χ4n) is 2.53. The van der Waals surface area contributed by atoms with E-state index < -0.39 is 0 Å². The molecule has 7 heteroatoms. The topological polar surface area (TPSA) is 46.3 Å². The summed E-state index contributed by atoms with van der Waals surface area (Å²) in [6, 6.07) is 15.1. The molecule has 0 bridgehead atoms. The number of amides is 1. The SMILES string of the molecule is O=C(c1ccc(Br)cc1)N(Cc1ccco1)c1nc2ccc(F)cc2s1. The standard InChI is InChI=1S/C19H12BrFN2O2S/c20-13-5-3-12(4-6-13)18(24)23(11-15-2-1-9-25-15)19-22-16-8-7-14(21)10-17(16)26-19/h1-10H,11H2. The number of carbonyl (C=O) groups excluding carboxylic acids is 1. The van der Waals surface area contributed by atoms with Gasteiger partial charge in [0.1, 0.15) is 11.6 Å². The first-order valence-corrected chi connectivity index (χ1v) is 9.37. The van der Waals surface area contributed by atoms with Gasteiger partial charge in [0.2, 0.25) is 0 Å². The van der Waals surface area contributed by atoms with E-state index in [9.17, 15) is 9.18 Å². The molecule has 0 fully saturated rings. The van der Waals surface area contributed by atoms with Gasteiger partial charge in [0.25, 0.3) is 5.91 Å². The Kier molecular flexibility index (Phi) is 4.57. The van der Waals surface area contributed by atoms with Crippen molar-refractivity contribution in [3.8, 4) is 0 Å². The van der Waals surface area contributed by atoms with E-state index in [0.29, 0.717) is 26.7 Å². The Morgan fingerprint density at radius 2 is 2.00 bits per heavy atom. The van der Waals surface area contributed by atoms with Crippen molar-refractivity contribution >= 4 is 48.5 Å². The molecule has 2 aromatic carbocycles. The van der Waals surface area contributed by atoms with Crippen LogP contribution in [0.3, 0.4) is 0 Å². The Labute approximate surface area is 161 Å². The smallest absolute Gasteiger partial charge is 0.260 e. The number of hydrogen-bond donors (Lipinski definition) is 0. The normalized spacial score (nSPS) is 11.0. The maximum atomic E-state index is 13.5. The van der Waals surface area contributed by atoms with Gasteiger partial charge in [-0.15, -0.1) is 0 Å². The van der Waals surface area contributed by atoms with Crippen LogP contribution in [0.4, 0.5) is 9.52 Å². The molecular weight excluding hydrogens is 419 g/mol. The van der Waals surface area contributed by atoms with E-state index in [2.05, 4.69) is 20.9 Å². The number of anilines is 1. The molecule has 4 rings (SSSR count). The van der Waals surface area contributed by atoms with Gasteiger partial charge in [-0.25, -0.2) is 9.37 Å². The number of halogens is 2. The van der Waals surface area contributed by atoms with Crippen molar-refractivity contribution in [2.75, 3.05) is 4.90 Å². The first-order chi connectivity index (χ1) is 12.6. The van der Waals surface area contributed by atoms with Crippen molar-refractivity contribution in [2.24, 2.45) is 0 Å². The van der Waals surface area contributed by atoms with Crippen molar-refractivity contribution in [1.82, 2.24) is 4.98 Å². The zero-order valence-corrected chi connectivity index (χ0v) is 15.8. The average molecular weight is 431 g/mol. The molecule has 0 N–H and O–H groups in total. The molecule has 0 spiro atoms. The molecule has 0 radical (unpaired) electrons. The molecular formula is C19H12BrFN2O2S. The lowest BCUT2D eigenvalue weighted by atomic mass is 10.2. The van der Waals surface area contributed by atoms with E-state index in [-0.39, 0.29) is 18.3 Å². The highest BCUT2D eigenvalue weighted by molar-refractivity contribution is 9.10. The minimum atomic E-state index is -0.329. The fraction of sp³-hybridized carbons (Fsp3) is 0.0526. The highest BCUT2D eigenvalue weighted by Crippen LogP contribution is 2.31. The zero-order valence-electron chi connectivity index (χ0n) is 13.4. The minimum absolute atomic E-state index is 0.201. The van der Waals surface area contributed by atoms with Crippen LogP contribution in [0, 0.1) is 5.82 Å². The molecule has 4 nitrogen and oxygen atoms in total. The summed E-state index contributed by atoms with van der Waals surface area (Å²) >= 11 is 4.64. The maximum Gasteiger partial charge on any atom is 0.260 e. The summed E-state index contributed by atoms with van der Waals surface area (Å²) in [5.74, 6) is 0.110. The lowest BCUT2D eigenvalue weighted by molar-refractivity contribution is 0.0983. The Balaban J connectivity index is 1.76. The van der Waals surface area contributed by atoms with E-state index in [1.165, 1.54) is 23.5 Å². The van der Waals surface area contributed by atoms with Gasteiger partial charge in [0, 0.05) is 10.0 Å². The molecule has 1 amide bonds. The van der Waals surface area contributed by atoms with Crippen LogP contribution >= 0.6 is 27.3 Å². The van der Waals surface area contributed by atoms with Crippen LogP contribution in [0.2, 0.25) is 0 Å². The van der Waals surface area contributed by atoms with Gasteiger partial charge in [-0.2, -0.15) is 0 Å². The molecule has 0 aliphatic heterocycles. The van der Waals surface area contributed by atoms with Gasteiger partial charge in [0.05, 0.1) is 23.0 Å². The number of hydrogen-bond acceptors (Lipinski definition) is 4. The second-order valence-corrected chi connectivity index (χ2v) is 7.51. The van der Waals surface area contributed by atoms with Crippen LogP contribution in [-0.2, 0) is 6.54 Å². The lowest BCUT2D eigenvalue weighted by Gasteiger charge is -2.18. The van der Waals surface area contributed by atoms with Crippen molar-refractivity contribution in [1.29, 1.82) is 0 Å². The summed E-state index contributed by atoms with van der Waals surface area (Å²) in [7, 11) is 0. The summed E-state index contributed by atoms with van der Waals surface area (Å²) in [5.41, 5.74) is 1.18. The Morgan fingerprint density at radius 1 is 1.19 bits per heavy atom. The monoisotopic (exact) mass is 430 g/mol. The number of thiazole rings is 1. The molecule has 0 saturated heterocycles. The van der Waals surface area contributed by atoms with Crippen LogP contribution in [-0.4, -0.2) is 10.9 Å². The van der Waals surface area contributed by atoms with Gasteiger partial charge in [-0.1, -0.05) is 27.3 Å². The summed E-state index contributed by atoms with van der Waals surface area (Å²) in [5, 5.41) is 0.495. The first-order valence-electron chi connectivity index (χ1n) is 7.76. The van der Waals surface area contributed by atoms with Crippen LogP contribution in [0.15, 0.2) is 69.8 Å². The Hall–Kier alpha value is -2.51. The average Bonchev–Trinajstić information content (AvgIpc) is 3.28. The van der Waals surface area contributed by atoms with Gasteiger partial charge in [-0.3, -0.25) is 9.69 Å². The van der Waals surface area contributed by atoms with Crippen LogP contribution < -0.4 is 4.90 Å². The largest absolute Gasteiger partial charge is 0.467 e. The minimum Gasteiger partial charge on any atom is -0.467 e. The molecule has 26 heavy (non-hydrogen) atoms. The van der Waals surface area contributed by atoms with E-state index in [4.69, 9.17) is 4.42 Å². The summed E-state index contributed by atoms with van der Waals surface area (Å²) in [6.07, 6.45) is 1.56. The molecule has 0 unspecified atom stereocenters. The summed E-state index contributed by atoms with van der Waals surface area (Å²) < 4.78 is 20.5. The van der Waals surface area contributed by atoms with Crippen LogP contribution in [0.5, 0.6) is 0 Å². The number of furan rings is 1. The molecule has 2 heterocycles. The number of aromatic nitrogens is 1. The predicted molar refractivity (Wildman–Crippen MR) is 103 cm³/mol. The van der Waals surface area contributed by atoms with Gasteiger partial charge >= 0.3 is 0 Å². The number of rotatable bonds is 4. The molecule has 0 saturated carbocycles. The summed E-state index contributed by atoms with van der Waals surface area (Å²) in [4.78, 5) is 19.1. The van der Waals surface area contributed by atoms with Crippen LogP contribution in [0.25, 0.3) is 10.2 Å². The number of nitrogens with zero attached hydrogens (tertiary/aromatic N) is 2. The van der Waals surface area contributed by atoms with Crippen LogP contribution in [0.1, 0.15) is 16.1 Å². The highest BCUT2D eigenvalue weighted by Gasteiger charge is 2.22. The van der Waals surface area contributed by atoms with Crippen molar-refractivity contribution in [3.05, 3.63) is 82.5 Å². The molecule has 0 aliphatic carbocycles. The summed E-state index contributed by atoms with van der Waals surface area (Å²) in [6.45, 7) is 0.240. The van der Waals surface area contributed by atoms with E-state index in [0.717, 1.165) is 4.47 Å². The van der Waals surface area contributed by atoms with E-state index in [1.54, 1.807) is 41.5 Å². The molecule has 0 atom stereocenters. The highest BCUT2D eigenvalue weighted by atomic mass is 79.9. The predicted octanol–water partition coefficient (Wildman–Crippen LogP) is 5.64. The second-order valence-electron chi connectivity index (χ2n) is 5.59. The lowest BCUT2D eigenvalue weighted by Crippen LogP contribution is -2.30. The first kappa shape index (κ1) is 16.9. The molecule has 4 aromatic rings. The van der Waals surface area contributed by atoms with Gasteiger partial charge < -0.3 is 4.42 Å². The van der Waals surface area contributed by atoms with E-state index in [1.807, 2.05) is 12.1 Å². The van der Waals surface area contributed by atoms with Crippen molar-refractivity contribution < 1.29 is 13.6 Å². The Bertz CT molecular complexity index is 1060. The molecule has 2 aromatic heterocycles. The zero-order chi connectivity index (χ0) is 18.1. The third kappa shape index (κ3) is 3.40. The number of benzene rings is 2. The fourth-order valence-corrected chi connectivity index (χ4v) is 3.79. The third-order valence-electron chi connectivity index (χ3n) is 3.80. The van der Waals surface area contributed by atoms with Gasteiger partial charge in [0.15, 0.2) is 5.13 Å². The quantitative estimate of drug-likeness (QED) is 0.420.